The van der Waals surface area contributed by atoms with Crippen LogP contribution in [-0.2, 0) is 4.79 Å². The fourth-order valence-corrected chi connectivity index (χ4v) is 3.68. The minimum absolute atomic E-state index is 0.0658. The van der Waals surface area contributed by atoms with Crippen LogP contribution in [0, 0.1) is 10.1 Å². The molecule has 0 aliphatic carbocycles. The van der Waals surface area contributed by atoms with E-state index in [-0.39, 0.29) is 11.6 Å². The number of carbonyl (C=O) groups excluding carboxylic acids is 1. The molecule has 7 nitrogen and oxygen atoms in total. The zero-order chi connectivity index (χ0) is 20.7. The van der Waals surface area contributed by atoms with Crippen molar-refractivity contribution >= 4 is 45.1 Å². The number of carbonyl (C=O) groups is 1. The molecule has 0 saturated carbocycles. The zero-order valence-corrected chi connectivity index (χ0v) is 15.7. The van der Waals surface area contributed by atoms with Gasteiger partial charge in [-0.15, -0.1) is 0 Å². The normalized spacial score (nSPS) is 14.3. The molecule has 146 valence electrons. The summed E-state index contributed by atoms with van der Waals surface area (Å²) in [5.74, 6) is -0.306. The molecular weight excluding hydrogens is 380 g/mol. The van der Waals surface area contributed by atoms with Crippen molar-refractivity contribution in [2.45, 2.75) is 0 Å². The lowest BCUT2D eigenvalue weighted by atomic mass is 9.99. The van der Waals surface area contributed by atoms with E-state index in [1.165, 1.54) is 12.1 Å². The van der Waals surface area contributed by atoms with E-state index in [1.807, 2.05) is 60.8 Å². The quantitative estimate of drug-likeness (QED) is 0.256. The molecule has 3 N–H and O–H groups in total. The Hall–Kier alpha value is -4.39. The number of nitrogens with one attached hydrogen (secondary N) is 3. The predicted molar refractivity (Wildman–Crippen MR) is 117 cm³/mol. The molecule has 0 spiro atoms. The van der Waals surface area contributed by atoms with Gasteiger partial charge in [-0.2, -0.15) is 0 Å². The van der Waals surface area contributed by atoms with Gasteiger partial charge in [0.05, 0.1) is 16.2 Å². The van der Waals surface area contributed by atoms with Crippen molar-refractivity contribution in [2.24, 2.45) is 0 Å². The van der Waals surface area contributed by atoms with Gasteiger partial charge in [0.25, 0.3) is 11.6 Å². The second-order valence-electron chi connectivity index (χ2n) is 6.96. The number of hydrogen-bond acceptors (Lipinski definition) is 4. The third kappa shape index (κ3) is 2.98. The van der Waals surface area contributed by atoms with Crippen LogP contribution in [0.3, 0.4) is 0 Å². The van der Waals surface area contributed by atoms with Gasteiger partial charge in [-0.25, -0.2) is 0 Å². The number of rotatable bonds is 4. The van der Waals surface area contributed by atoms with Crippen LogP contribution < -0.4 is 10.6 Å². The van der Waals surface area contributed by atoms with Crippen LogP contribution >= 0.6 is 0 Å². The summed E-state index contributed by atoms with van der Waals surface area (Å²) in [5.41, 5.74) is 4.56. The van der Waals surface area contributed by atoms with Gasteiger partial charge in [0, 0.05) is 46.2 Å². The highest BCUT2D eigenvalue weighted by molar-refractivity contribution is 6.37. The summed E-state index contributed by atoms with van der Waals surface area (Å²) in [4.78, 5) is 26.9. The maximum atomic E-state index is 12.9. The average Bonchev–Trinajstić information content (AvgIpc) is 3.35. The minimum atomic E-state index is -0.462. The molecule has 0 saturated heterocycles. The second kappa shape index (κ2) is 6.89. The molecule has 2 heterocycles. The maximum Gasteiger partial charge on any atom is 0.270 e. The van der Waals surface area contributed by atoms with Crippen LogP contribution in [0.25, 0.3) is 22.2 Å². The standard InChI is InChI=1S/C23H16N4O3/c28-23-21(18-13-17(27(29)30)7-9-20(18)26-23)22(14-4-2-1-3-5-14)25-16-6-8-19-15(12-16)10-11-24-19/h1-13,24-25H,(H,26,28). The first-order valence-electron chi connectivity index (χ1n) is 9.34. The molecule has 1 amide bonds. The average molecular weight is 396 g/mol. The van der Waals surface area contributed by atoms with Gasteiger partial charge < -0.3 is 15.6 Å². The van der Waals surface area contributed by atoms with Gasteiger partial charge in [0.15, 0.2) is 0 Å². The Bertz CT molecular complexity index is 1340. The van der Waals surface area contributed by atoms with E-state index in [2.05, 4.69) is 15.6 Å². The molecule has 0 unspecified atom stereocenters. The first-order chi connectivity index (χ1) is 14.6. The summed E-state index contributed by atoms with van der Waals surface area (Å²) < 4.78 is 0. The van der Waals surface area contributed by atoms with E-state index in [4.69, 9.17) is 0 Å². The fourth-order valence-electron chi connectivity index (χ4n) is 3.68. The van der Waals surface area contributed by atoms with Crippen molar-refractivity contribution in [3.05, 3.63) is 100 Å². The molecule has 1 aliphatic rings. The number of fused-ring (bicyclic) bond motifs is 2. The van der Waals surface area contributed by atoms with Gasteiger partial charge in [0.2, 0.25) is 0 Å². The number of nitrogens with zero attached hydrogens (tertiary/aromatic N) is 1. The molecule has 3 aromatic carbocycles. The summed E-state index contributed by atoms with van der Waals surface area (Å²) in [7, 11) is 0. The third-order valence-corrected chi connectivity index (χ3v) is 5.09. The Morgan fingerprint density at radius 3 is 2.60 bits per heavy atom. The number of nitro groups is 1. The molecule has 5 rings (SSSR count). The lowest BCUT2D eigenvalue weighted by Gasteiger charge is -2.15. The summed E-state index contributed by atoms with van der Waals surface area (Å²) >= 11 is 0. The number of anilines is 2. The molecule has 1 aromatic heterocycles. The summed E-state index contributed by atoms with van der Waals surface area (Å²) in [6.45, 7) is 0. The number of aromatic amines is 1. The van der Waals surface area contributed by atoms with Crippen LogP contribution in [0.1, 0.15) is 11.1 Å². The van der Waals surface area contributed by atoms with Crippen molar-refractivity contribution < 1.29 is 9.72 Å². The summed E-state index contributed by atoms with van der Waals surface area (Å²) in [5, 5.41) is 18.5. The Kier molecular flexibility index (Phi) is 4.07. The van der Waals surface area contributed by atoms with Gasteiger partial charge in [0.1, 0.15) is 0 Å². The van der Waals surface area contributed by atoms with Crippen LogP contribution in [0.4, 0.5) is 17.1 Å². The lowest BCUT2D eigenvalue weighted by Crippen LogP contribution is -2.10. The first-order valence-corrected chi connectivity index (χ1v) is 9.34. The molecular formula is C23H16N4O3. The summed E-state index contributed by atoms with van der Waals surface area (Å²) in [6, 6.07) is 21.7. The van der Waals surface area contributed by atoms with Gasteiger partial charge in [-0.05, 0) is 35.9 Å². The highest BCUT2D eigenvalue weighted by atomic mass is 16.6. The Morgan fingerprint density at radius 2 is 1.80 bits per heavy atom. The molecule has 0 bridgehead atoms. The van der Waals surface area contributed by atoms with E-state index >= 15 is 0 Å². The van der Waals surface area contributed by atoms with E-state index in [1.54, 1.807) is 6.07 Å². The van der Waals surface area contributed by atoms with Crippen LogP contribution in [0.15, 0.2) is 79.0 Å². The number of amides is 1. The van der Waals surface area contributed by atoms with Gasteiger partial charge >= 0.3 is 0 Å². The number of nitro benzene ring substituents is 1. The second-order valence-corrected chi connectivity index (χ2v) is 6.96. The largest absolute Gasteiger partial charge is 0.361 e. The van der Waals surface area contributed by atoms with Gasteiger partial charge in [-0.1, -0.05) is 30.3 Å². The molecule has 7 heteroatoms. The Labute approximate surface area is 171 Å². The molecule has 0 fully saturated rings. The Balaban J connectivity index is 1.71. The van der Waals surface area contributed by atoms with E-state index < -0.39 is 4.92 Å². The number of aromatic nitrogens is 1. The minimum Gasteiger partial charge on any atom is -0.361 e. The van der Waals surface area contributed by atoms with Crippen molar-refractivity contribution in [2.75, 3.05) is 10.6 Å². The van der Waals surface area contributed by atoms with Gasteiger partial charge in [-0.3, -0.25) is 14.9 Å². The molecule has 1 aliphatic heterocycles. The third-order valence-electron chi connectivity index (χ3n) is 5.09. The maximum absolute atomic E-state index is 12.9. The Morgan fingerprint density at radius 1 is 0.967 bits per heavy atom. The molecule has 0 atom stereocenters. The summed E-state index contributed by atoms with van der Waals surface area (Å²) in [6.07, 6.45) is 1.87. The number of non-ortho nitro benzene ring substituents is 1. The van der Waals surface area contributed by atoms with Crippen molar-refractivity contribution in [1.82, 2.24) is 4.98 Å². The molecule has 0 radical (unpaired) electrons. The number of hydrogen-bond donors (Lipinski definition) is 3. The molecule has 30 heavy (non-hydrogen) atoms. The highest BCUT2D eigenvalue weighted by Crippen LogP contribution is 2.39. The predicted octanol–water partition coefficient (Wildman–Crippen LogP) is 5.01. The van der Waals surface area contributed by atoms with Crippen molar-refractivity contribution in [1.29, 1.82) is 0 Å². The zero-order valence-electron chi connectivity index (χ0n) is 15.7. The smallest absolute Gasteiger partial charge is 0.270 e. The number of H-pyrrole nitrogens is 1. The van der Waals surface area contributed by atoms with E-state index in [0.29, 0.717) is 22.5 Å². The van der Waals surface area contributed by atoms with Crippen molar-refractivity contribution in [3.8, 4) is 0 Å². The van der Waals surface area contributed by atoms with Crippen LogP contribution in [0.5, 0.6) is 0 Å². The first kappa shape index (κ1) is 17.7. The van der Waals surface area contributed by atoms with Crippen molar-refractivity contribution in [3.63, 3.8) is 0 Å². The molecule has 4 aromatic rings. The topological polar surface area (TPSA) is 100 Å². The van der Waals surface area contributed by atoms with E-state index in [0.717, 1.165) is 22.2 Å². The highest BCUT2D eigenvalue weighted by Gasteiger charge is 2.30. The lowest BCUT2D eigenvalue weighted by molar-refractivity contribution is -0.384. The van der Waals surface area contributed by atoms with Crippen LogP contribution in [-0.4, -0.2) is 15.8 Å². The number of benzene rings is 3. The SMILES string of the molecule is O=C1Nc2ccc([N+](=O)[O-])cc2C1=C(Nc1ccc2[nH]ccc2c1)c1ccccc1. The fraction of sp³-hybridized carbons (Fsp3) is 0. The van der Waals surface area contributed by atoms with Crippen LogP contribution in [0.2, 0.25) is 0 Å². The monoisotopic (exact) mass is 396 g/mol. The van der Waals surface area contributed by atoms with E-state index in [9.17, 15) is 14.9 Å².